The van der Waals surface area contributed by atoms with E-state index in [0.717, 1.165) is 49.8 Å². The highest BCUT2D eigenvalue weighted by Gasteiger charge is 2.49. The first-order chi connectivity index (χ1) is 19.7. The Morgan fingerprint density at radius 2 is 1.78 bits per heavy atom. The van der Waals surface area contributed by atoms with Gasteiger partial charge in [0.15, 0.2) is 0 Å². The molecule has 1 aliphatic heterocycles. The zero-order valence-corrected chi connectivity index (χ0v) is 24.6. The van der Waals surface area contributed by atoms with Gasteiger partial charge in [0.1, 0.15) is 11.7 Å². The summed E-state index contributed by atoms with van der Waals surface area (Å²) in [6.45, 7) is 5.72. The third-order valence-corrected chi connectivity index (χ3v) is 10.3. The van der Waals surface area contributed by atoms with E-state index in [1.807, 2.05) is 54.9 Å². The van der Waals surface area contributed by atoms with Crippen LogP contribution in [0.2, 0.25) is 0 Å². The van der Waals surface area contributed by atoms with Crippen molar-refractivity contribution in [3.05, 3.63) is 53.3 Å². The molecule has 4 aliphatic rings. The van der Waals surface area contributed by atoms with E-state index >= 15 is 0 Å². The number of aromatic nitrogens is 1. The Morgan fingerprint density at radius 3 is 2.34 bits per heavy atom. The normalized spacial score (nSPS) is 24.0. The number of ether oxygens (including phenoxy) is 1. The number of rotatable bonds is 11. The van der Waals surface area contributed by atoms with Gasteiger partial charge in [0.25, 0.3) is 5.91 Å². The van der Waals surface area contributed by atoms with E-state index < -0.39 is 11.5 Å². The van der Waals surface area contributed by atoms with Crippen molar-refractivity contribution < 1.29 is 19.1 Å². The van der Waals surface area contributed by atoms with E-state index in [4.69, 9.17) is 4.74 Å². The second-order valence-corrected chi connectivity index (χ2v) is 13.4. The summed E-state index contributed by atoms with van der Waals surface area (Å²) in [4.78, 5) is 40.9. The average Bonchev–Trinajstić information content (AvgIpc) is 3.88. The molecule has 8 heteroatoms. The van der Waals surface area contributed by atoms with Crippen molar-refractivity contribution in [1.29, 1.82) is 0 Å². The molecule has 3 saturated carbocycles. The van der Waals surface area contributed by atoms with Crippen LogP contribution in [0.5, 0.6) is 0 Å². The van der Waals surface area contributed by atoms with E-state index in [2.05, 4.69) is 22.9 Å². The van der Waals surface area contributed by atoms with Gasteiger partial charge in [-0.2, -0.15) is 0 Å². The molecule has 41 heavy (non-hydrogen) atoms. The molecule has 0 radical (unpaired) electrons. The number of benzene rings is 1. The van der Waals surface area contributed by atoms with Gasteiger partial charge < -0.3 is 25.3 Å². The third-order valence-electron chi connectivity index (χ3n) is 10.3. The summed E-state index contributed by atoms with van der Waals surface area (Å²) in [6.07, 6.45) is 8.54. The summed E-state index contributed by atoms with van der Waals surface area (Å²) in [7, 11) is 1.87. The first kappa shape index (κ1) is 28.0. The molecule has 2 heterocycles. The zero-order chi connectivity index (χ0) is 28.8. The quantitative estimate of drug-likeness (QED) is 0.377. The lowest BCUT2D eigenvalue weighted by molar-refractivity contribution is -0.127. The largest absolute Gasteiger partial charge is 0.380 e. The summed E-state index contributed by atoms with van der Waals surface area (Å²) < 4.78 is 7.62. The zero-order valence-electron chi connectivity index (χ0n) is 24.6. The van der Waals surface area contributed by atoms with Crippen molar-refractivity contribution in [3.63, 3.8) is 0 Å². The van der Waals surface area contributed by atoms with Crippen LogP contribution < -0.4 is 16.0 Å². The van der Waals surface area contributed by atoms with Crippen LogP contribution in [-0.2, 0) is 26.8 Å². The smallest absolute Gasteiger partial charge is 0.268 e. The number of aryl methyl sites for hydroxylation is 1. The van der Waals surface area contributed by atoms with Crippen LogP contribution in [0.15, 0.2) is 36.4 Å². The van der Waals surface area contributed by atoms with Crippen molar-refractivity contribution in [2.75, 3.05) is 25.1 Å². The fraction of sp³-hybridized carbons (Fsp3) is 0.606. The maximum atomic E-state index is 13.9. The second-order valence-electron chi connectivity index (χ2n) is 13.4. The molecule has 2 atom stereocenters. The molecule has 1 aromatic carbocycles. The van der Waals surface area contributed by atoms with Crippen LogP contribution >= 0.6 is 0 Å². The van der Waals surface area contributed by atoms with Gasteiger partial charge in [-0.15, -0.1) is 0 Å². The van der Waals surface area contributed by atoms with Gasteiger partial charge in [-0.1, -0.05) is 25.5 Å². The van der Waals surface area contributed by atoms with E-state index in [-0.39, 0.29) is 29.1 Å². The molecule has 1 saturated heterocycles. The number of hydrogen-bond acceptors (Lipinski definition) is 4. The van der Waals surface area contributed by atoms with Crippen molar-refractivity contribution in [2.45, 2.75) is 76.7 Å². The molecular weight excluding hydrogens is 516 g/mol. The number of nitrogens with zero attached hydrogens (tertiary/aromatic N) is 1. The van der Waals surface area contributed by atoms with Gasteiger partial charge >= 0.3 is 0 Å². The van der Waals surface area contributed by atoms with Crippen LogP contribution in [0.4, 0.5) is 5.69 Å². The lowest BCUT2D eigenvalue weighted by atomic mass is 9.70. The van der Waals surface area contributed by atoms with E-state index in [0.29, 0.717) is 49.4 Å². The predicted molar refractivity (Wildman–Crippen MR) is 157 cm³/mol. The Hall–Kier alpha value is -3.13. The molecule has 0 bridgehead atoms. The van der Waals surface area contributed by atoms with Crippen molar-refractivity contribution in [3.8, 4) is 0 Å². The fourth-order valence-electron chi connectivity index (χ4n) is 6.92. The molecule has 3 amide bonds. The number of anilines is 1. The highest BCUT2D eigenvalue weighted by atomic mass is 16.5. The minimum atomic E-state index is -0.774. The minimum absolute atomic E-state index is 0.00265. The van der Waals surface area contributed by atoms with Crippen molar-refractivity contribution in [2.24, 2.45) is 30.2 Å². The highest BCUT2D eigenvalue weighted by molar-refractivity contribution is 6.01. The van der Waals surface area contributed by atoms with Gasteiger partial charge in [-0.05, 0) is 105 Å². The Balaban J connectivity index is 1.21. The first-order valence-corrected chi connectivity index (χ1v) is 15.4. The molecule has 8 nitrogen and oxygen atoms in total. The van der Waals surface area contributed by atoms with Crippen molar-refractivity contribution in [1.82, 2.24) is 15.2 Å². The molecule has 6 rings (SSSR count). The molecule has 3 aliphatic carbocycles. The Morgan fingerprint density at radius 1 is 1.05 bits per heavy atom. The summed E-state index contributed by atoms with van der Waals surface area (Å²) in [5, 5.41) is 9.48. The van der Waals surface area contributed by atoms with Gasteiger partial charge in [-0.3, -0.25) is 14.4 Å². The van der Waals surface area contributed by atoms with Crippen LogP contribution in [-0.4, -0.2) is 48.1 Å². The third kappa shape index (κ3) is 5.68. The SMILES string of the molecule is Cc1ccc(C(=O)N[C@H](C(=O)Nc2cccc(C3(C(=O)NCC4(C)CCC4)CCOC3)c2)C(C2CC2)C2CC2)n1C. The lowest BCUT2D eigenvalue weighted by Gasteiger charge is -2.39. The molecule has 3 N–H and O–H groups in total. The number of nitrogens with one attached hydrogen (secondary N) is 3. The van der Waals surface area contributed by atoms with Crippen LogP contribution in [0.1, 0.15) is 80.0 Å². The van der Waals surface area contributed by atoms with Crippen LogP contribution in [0.25, 0.3) is 0 Å². The van der Waals surface area contributed by atoms with Gasteiger partial charge in [0, 0.05) is 31.6 Å². The average molecular weight is 561 g/mol. The molecular formula is C33H44N4O4. The Labute approximate surface area is 243 Å². The number of amides is 3. The Bertz CT molecular complexity index is 1300. The molecule has 1 aromatic heterocycles. The lowest BCUT2D eigenvalue weighted by Crippen LogP contribution is -2.50. The topological polar surface area (TPSA) is 101 Å². The van der Waals surface area contributed by atoms with Gasteiger partial charge in [-0.25, -0.2) is 0 Å². The van der Waals surface area contributed by atoms with Crippen molar-refractivity contribution >= 4 is 23.4 Å². The maximum absolute atomic E-state index is 13.9. The van der Waals surface area contributed by atoms with E-state index in [9.17, 15) is 14.4 Å². The maximum Gasteiger partial charge on any atom is 0.268 e. The first-order valence-electron chi connectivity index (χ1n) is 15.4. The van der Waals surface area contributed by atoms with E-state index in [1.54, 1.807) is 0 Å². The Kier molecular flexibility index (Phi) is 7.47. The van der Waals surface area contributed by atoms with Gasteiger partial charge in [0.05, 0.1) is 12.0 Å². The summed E-state index contributed by atoms with van der Waals surface area (Å²) >= 11 is 0. The van der Waals surface area contributed by atoms with Crippen LogP contribution in [0.3, 0.4) is 0 Å². The highest BCUT2D eigenvalue weighted by Crippen LogP contribution is 2.51. The molecule has 4 fully saturated rings. The van der Waals surface area contributed by atoms with Crippen LogP contribution in [0, 0.1) is 30.1 Å². The molecule has 2 aromatic rings. The molecule has 220 valence electrons. The summed E-state index contributed by atoms with van der Waals surface area (Å²) in [5.41, 5.74) is 2.44. The summed E-state index contributed by atoms with van der Waals surface area (Å²) in [5.74, 6) is 0.665. The standard InChI is InChI=1S/C33H44N4O4/c1-21-8-13-26(37(21)3)29(38)36-28(27(22-9-10-22)23-11-12-23)30(39)35-25-7-4-6-24(18-25)33(16-17-41-20-33)31(40)34-19-32(2)14-5-15-32/h4,6-8,13,18,22-23,27-28H,5,9-12,14-17,19-20H2,1-3H3,(H,34,40)(H,35,39)(H,36,38)/t28-,33?/m0/s1. The summed E-state index contributed by atoms with van der Waals surface area (Å²) in [6, 6.07) is 10.7. The number of carbonyl (C=O) groups excluding carboxylic acids is 3. The predicted octanol–water partition coefficient (Wildman–Crippen LogP) is 4.47. The van der Waals surface area contributed by atoms with E-state index in [1.165, 1.54) is 6.42 Å². The second kappa shape index (κ2) is 10.9. The fourth-order valence-corrected chi connectivity index (χ4v) is 6.92. The minimum Gasteiger partial charge on any atom is -0.380 e. The number of hydrogen-bond donors (Lipinski definition) is 3. The monoisotopic (exact) mass is 560 g/mol. The molecule has 1 unspecified atom stereocenters. The molecule has 0 spiro atoms. The number of carbonyl (C=O) groups is 3. The van der Waals surface area contributed by atoms with Gasteiger partial charge in [0.2, 0.25) is 11.8 Å².